The number of hydrogen-bond donors (Lipinski definition) is 2. The van der Waals surface area contributed by atoms with Crippen molar-refractivity contribution in [1.29, 1.82) is 0 Å². The van der Waals surface area contributed by atoms with E-state index in [-0.39, 0.29) is 11.4 Å². The zero-order chi connectivity index (χ0) is 12.4. The van der Waals surface area contributed by atoms with Gasteiger partial charge in [-0.2, -0.15) is 0 Å². The van der Waals surface area contributed by atoms with Gasteiger partial charge in [0, 0.05) is 25.0 Å². The molecule has 0 unspecified atom stereocenters. The molecule has 0 radical (unpaired) electrons. The molecule has 94 valence electrons. The molecule has 1 aliphatic rings. The second-order valence-electron chi connectivity index (χ2n) is 5.87. The lowest BCUT2D eigenvalue weighted by Gasteiger charge is -2.36. The summed E-state index contributed by atoms with van der Waals surface area (Å²) >= 11 is 0. The molecule has 1 rings (SSSR count). The van der Waals surface area contributed by atoms with Gasteiger partial charge in [-0.05, 0) is 40.0 Å². The number of aliphatic hydroxyl groups is 1. The van der Waals surface area contributed by atoms with Gasteiger partial charge in [-0.1, -0.05) is 0 Å². The number of nitrogens with zero attached hydrogens (tertiary/aromatic N) is 1. The largest absolute Gasteiger partial charge is 0.390 e. The maximum atomic E-state index is 11.8. The van der Waals surface area contributed by atoms with Gasteiger partial charge in [0.2, 0.25) is 5.91 Å². The summed E-state index contributed by atoms with van der Waals surface area (Å²) in [7, 11) is 0. The average Bonchev–Trinajstić information content (AvgIpc) is 2.13. The second-order valence-corrected chi connectivity index (χ2v) is 5.87. The molecule has 1 heterocycles. The van der Waals surface area contributed by atoms with E-state index >= 15 is 0 Å². The van der Waals surface area contributed by atoms with Gasteiger partial charge in [-0.25, -0.2) is 0 Å². The van der Waals surface area contributed by atoms with Crippen LogP contribution in [0.3, 0.4) is 0 Å². The molecule has 0 spiro atoms. The maximum absolute atomic E-state index is 11.8. The van der Waals surface area contributed by atoms with Crippen LogP contribution in [0.25, 0.3) is 0 Å². The summed E-state index contributed by atoms with van der Waals surface area (Å²) in [4.78, 5) is 13.7. The van der Waals surface area contributed by atoms with Crippen LogP contribution in [0, 0.1) is 0 Å². The Kier molecular flexibility index (Phi) is 3.97. The molecular formula is C12H24N2O2. The molecule has 16 heavy (non-hydrogen) atoms. The molecule has 4 heteroatoms. The van der Waals surface area contributed by atoms with Crippen molar-refractivity contribution in [3.05, 3.63) is 0 Å². The van der Waals surface area contributed by atoms with Crippen LogP contribution in [0.15, 0.2) is 0 Å². The van der Waals surface area contributed by atoms with E-state index < -0.39 is 5.60 Å². The number of hydrogen-bond acceptors (Lipinski definition) is 3. The monoisotopic (exact) mass is 228 g/mol. The van der Waals surface area contributed by atoms with E-state index in [1.165, 1.54) is 0 Å². The van der Waals surface area contributed by atoms with Gasteiger partial charge in [-0.3, -0.25) is 4.79 Å². The molecule has 1 aliphatic heterocycles. The van der Waals surface area contributed by atoms with Crippen molar-refractivity contribution in [2.24, 2.45) is 5.73 Å². The molecule has 1 saturated heterocycles. The first-order valence-corrected chi connectivity index (χ1v) is 5.99. The Morgan fingerprint density at radius 2 is 1.94 bits per heavy atom. The summed E-state index contributed by atoms with van der Waals surface area (Å²) in [5.41, 5.74) is 4.97. The fourth-order valence-corrected chi connectivity index (χ4v) is 1.83. The first-order chi connectivity index (χ1) is 7.20. The highest BCUT2D eigenvalue weighted by Crippen LogP contribution is 2.22. The van der Waals surface area contributed by atoms with Crippen molar-refractivity contribution in [3.8, 4) is 0 Å². The Bertz CT molecular complexity index is 246. The summed E-state index contributed by atoms with van der Waals surface area (Å²) in [5, 5.41) is 9.78. The van der Waals surface area contributed by atoms with E-state index in [4.69, 9.17) is 5.73 Å². The maximum Gasteiger partial charge on any atom is 0.222 e. The molecule has 0 aromatic carbocycles. The quantitative estimate of drug-likeness (QED) is 0.753. The Balaban J connectivity index is 2.34. The summed E-state index contributed by atoms with van der Waals surface area (Å²) in [5.74, 6) is 0.161. The first kappa shape index (κ1) is 13.5. The van der Waals surface area contributed by atoms with Gasteiger partial charge >= 0.3 is 0 Å². The number of piperidine rings is 1. The van der Waals surface area contributed by atoms with Crippen LogP contribution in [0.2, 0.25) is 0 Å². The normalized spacial score (nSPS) is 20.9. The standard InChI is InChI=1S/C12H24N2O2/c1-11(2,13)5-4-10(15)14-8-6-12(3,16)7-9-14/h16H,4-9,13H2,1-3H3. The number of amides is 1. The summed E-state index contributed by atoms with van der Waals surface area (Å²) in [6.45, 7) is 7.02. The van der Waals surface area contributed by atoms with Crippen LogP contribution >= 0.6 is 0 Å². The molecule has 1 amide bonds. The minimum absolute atomic E-state index is 0.161. The third kappa shape index (κ3) is 4.49. The minimum Gasteiger partial charge on any atom is -0.390 e. The zero-order valence-electron chi connectivity index (χ0n) is 10.6. The van der Waals surface area contributed by atoms with Crippen LogP contribution in [-0.4, -0.2) is 40.1 Å². The first-order valence-electron chi connectivity index (χ1n) is 5.99. The van der Waals surface area contributed by atoms with Crippen molar-refractivity contribution in [2.75, 3.05) is 13.1 Å². The SMILES string of the molecule is CC(C)(N)CCC(=O)N1CCC(C)(O)CC1. The third-order valence-electron chi connectivity index (χ3n) is 3.18. The predicted octanol–water partition coefficient (Wildman–Crippen LogP) is 0.877. The van der Waals surface area contributed by atoms with Crippen LogP contribution < -0.4 is 5.73 Å². The van der Waals surface area contributed by atoms with Crippen molar-refractivity contribution in [1.82, 2.24) is 4.90 Å². The topological polar surface area (TPSA) is 66.6 Å². The van der Waals surface area contributed by atoms with Crippen molar-refractivity contribution >= 4 is 5.91 Å². The lowest BCUT2D eigenvalue weighted by atomic mass is 9.93. The highest BCUT2D eigenvalue weighted by atomic mass is 16.3. The molecule has 0 bridgehead atoms. The van der Waals surface area contributed by atoms with Crippen LogP contribution in [0.4, 0.5) is 0 Å². The molecule has 0 atom stereocenters. The second kappa shape index (κ2) is 4.72. The van der Waals surface area contributed by atoms with E-state index in [0.717, 1.165) is 0 Å². The molecule has 4 nitrogen and oxygen atoms in total. The predicted molar refractivity (Wildman–Crippen MR) is 63.9 cm³/mol. The summed E-state index contributed by atoms with van der Waals surface area (Å²) < 4.78 is 0. The summed E-state index contributed by atoms with van der Waals surface area (Å²) in [6.07, 6.45) is 2.56. The lowest BCUT2D eigenvalue weighted by molar-refractivity contribution is -0.135. The smallest absolute Gasteiger partial charge is 0.222 e. The van der Waals surface area contributed by atoms with Crippen molar-refractivity contribution in [3.63, 3.8) is 0 Å². The Labute approximate surface area is 97.8 Å². The Morgan fingerprint density at radius 1 is 1.44 bits per heavy atom. The number of carbonyl (C=O) groups excluding carboxylic acids is 1. The molecular weight excluding hydrogens is 204 g/mol. The zero-order valence-corrected chi connectivity index (χ0v) is 10.6. The molecule has 0 saturated carbocycles. The molecule has 3 N–H and O–H groups in total. The highest BCUT2D eigenvalue weighted by molar-refractivity contribution is 5.76. The highest BCUT2D eigenvalue weighted by Gasteiger charge is 2.29. The van der Waals surface area contributed by atoms with E-state index in [2.05, 4.69) is 0 Å². The lowest BCUT2D eigenvalue weighted by Crippen LogP contribution is -2.45. The van der Waals surface area contributed by atoms with E-state index in [0.29, 0.717) is 38.8 Å². The number of likely N-dealkylation sites (tertiary alicyclic amines) is 1. The number of nitrogens with two attached hydrogens (primary N) is 1. The van der Waals surface area contributed by atoms with E-state index in [9.17, 15) is 9.90 Å². The fourth-order valence-electron chi connectivity index (χ4n) is 1.83. The van der Waals surface area contributed by atoms with Gasteiger partial charge < -0.3 is 15.7 Å². The average molecular weight is 228 g/mol. The minimum atomic E-state index is -0.593. The fraction of sp³-hybridized carbons (Fsp3) is 0.917. The number of rotatable bonds is 3. The van der Waals surface area contributed by atoms with Crippen LogP contribution in [0.5, 0.6) is 0 Å². The molecule has 0 aromatic heterocycles. The molecule has 1 fully saturated rings. The van der Waals surface area contributed by atoms with E-state index in [1.807, 2.05) is 25.7 Å². The summed E-state index contributed by atoms with van der Waals surface area (Å²) in [6, 6.07) is 0. The van der Waals surface area contributed by atoms with Gasteiger partial charge in [0.15, 0.2) is 0 Å². The number of carbonyl (C=O) groups is 1. The van der Waals surface area contributed by atoms with E-state index in [1.54, 1.807) is 0 Å². The Hall–Kier alpha value is -0.610. The van der Waals surface area contributed by atoms with Crippen LogP contribution in [0.1, 0.15) is 46.5 Å². The molecule has 0 aliphatic carbocycles. The van der Waals surface area contributed by atoms with Gasteiger partial charge in [0.25, 0.3) is 0 Å². The van der Waals surface area contributed by atoms with Gasteiger partial charge in [0.1, 0.15) is 0 Å². The van der Waals surface area contributed by atoms with Crippen LogP contribution in [-0.2, 0) is 4.79 Å². The molecule has 0 aromatic rings. The van der Waals surface area contributed by atoms with Crippen molar-refractivity contribution < 1.29 is 9.90 Å². The van der Waals surface area contributed by atoms with Gasteiger partial charge in [0.05, 0.1) is 5.60 Å². The van der Waals surface area contributed by atoms with Gasteiger partial charge in [-0.15, -0.1) is 0 Å². The third-order valence-corrected chi connectivity index (χ3v) is 3.18. The Morgan fingerprint density at radius 3 is 2.38 bits per heavy atom. The van der Waals surface area contributed by atoms with Crippen molar-refractivity contribution in [2.45, 2.75) is 57.6 Å².